The van der Waals surface area contributed by atoms with Gasteiger partial charge in [0.2, 0.25) is 11.5 Å². The Morgan fingerprint density at radius 3 is 2.00 bits per heavy atom. The normalized spacial score (nSPS) is 10.4. The SMILES string of the molecule is COc1c(O)c(C)c(CCCCO)c(O)c1OC. The van der Waals surface area contributed by atoms with Gasteiger partial charge >= 0.3 is 0 Å². The summed E-state index contributed by atoms with van der Waals surface area (Å²) in [5, 5.41) is 28.9. The molecule has 0 saturated heterocycles. The minimum atomic E-state index is -0.0221. The fourth-order valence-corrected chi connectivity index (χ4v) is 1.94. The number of phenols is 2. The van der Waals surface area contributed by atoms with Gasteiger partial charge in [0.15, 0.2) is 11.5 Å². The lowest BCUT2D eigenvalue weighted by Crippen LogP contribution is -1.99. The molecule has 0 aliphatic carbocycles. The summed E-state index contributed by atoms with van der Waals surface area (Å²) in [6, 6.07) is 0. The van der Waals surface area contributed by atoms with E-state index >= 15 is 0 Å². The van der Waals surface area contributed by atoms with Crippen LogP contribution in [0.4, 0.5) is 0 Å². The van der Waals surface area contributed by atoms with Crippen molar-refractivity contribution >= 4 is 0 Å². The lowest BCUT2D eigenvalue weighted by Gasteiger charge is -2.17. The zero-order chi connectivity index (χ0) is 13.7. The maximum Gasteiger partial charge on any atom is 0.207 e. The number of aliphatic hydroxyl groups is 1. The van der Waals surface area contributed by atoms with Crippen molar-refractivity contribution in [2.75, 3.05) is 20.8 Å². The second kappa shape index (κ2) is 6.35. The number of rotatable bonds is 6. The summed E-state index contributed by atoms with van der Waals surface area (Å²) in [4.78, 5) is 0. The molecular weight excluding hydrogens is 236 g/mol. The summed E-state index contributed by atoms with van der Waals surface area (Å²) in [6.07, 6.45) is 1.93. The summed E-state index contributed by atoms with van der Waals surface area (Å²) >= 11 is 0. The Morgan fingerprint density at radius 2 is 1.50 bits per heavy atom. The van der Waals surface area contributed by atoms with Gasteiger partial charge in [0.1, 0.15) is 0 Å². The highest BCUT2D eigenvalue weighted by atomic mass is 16.5. The molecule has 0 heterocycles. The molecule has 3 N–H and O–H groups in total. The van der Waals surface area contributed by atoms with E-state index in [9.17, 15) is 10.2 Å². The fourth-order valence-electron chi connectivity index (χ4n) is 1.94. The molecule has 0 bridgehead atoms. The Labute approximate surface area is 107 Å². The molecule has 0 aliphatic heterocycles. The number of benzene rings is 1. The zero-order valence-electron chi connectivity index (χ0n) is 11.0. The maximum absolute atomic E-state index is 10.1. The van der Waals surface area contributed by atoms with E-state index in [2.05, 4.69) is 0 Å². The lowest BCUT2D eigenvalue weighted by atomic mass is 9.99. The fraction of sp³-hybridized carbons (Fsp3) is 0.538. The molecule has 0 amide bonds. The van der Waals surface area contributed by atoms with Crippen LogP contribution in [0.1, 0.15) is 24.0 Å². The van der Waals surface area contributed by atoms with Gasteiger partial charge in [-0.25, -0.2) is 0 Å². The second-order valence-electron chi connectivity index (χ2n) is 4.05. The van der Waals surface area contributed by atoms with Gasteiger partial charge in [0.25, 0.3) is 0 Å². The molecule has 0 aliphatic rings. The van der Waals surface area contributed by atoms with Gasteiger partial charge in [0, 0.05) is 17.7 Å². The second-order valence-corrected chi connectivity index (χ2v) is 4.05. The van der Waals surface area contributed by atoms with E-state index in [1.54, 1.807) is 6.92 Å². The van der Waals surface area contributed by atoms with Crippen molar-refractivity contribution in [2.24, 2.45) is 0 Å². The van der Waals surface area contributed by atoms with Gasteiger partial charge in [-0.05, 0) is 26.2 Å². The number of hydrogen-bond donors (Lipinski definition) is 3. The van der Waals surface area contributed by atoms with E-state index in [0.29, 0.717) is 24.0 Å². The monoisotopic (exact) mass is 256 g/mol. The van der Waals surface area contributed by atoms with Crippen molar-refractivity contribution in [1.29, 1.82) is 0 Å². The van der Waals surface area contributed by atoms with Gasteiger partial charge in [-0.3, -0.25) is 0 Å². The third kappa shape index (κ3) is 2.61. The maximum atomic E-state index is 10.1. The Morgan fingerprint density at radius 1 is 0.944 bits per heavy atom. The first-order valence-electron chi connectivity index (χ1n) is 5.84. The van der Waals surface area contributed by atoms with E-state index in [1.807, 2.05) is 0 Å². The quantitative estimate of drug-likeness (QED) is 0.533. The number of unbranched alkanes of at least 4 members (excludes halogenated alkanes) is 1. The van der Waals surface area contributed by atoms with Crippen LogP contribution in [0.25, 0.3) is 0 Å². The average Bonchev–Trinajstić information content (AvgIpc) is 2.37. The van der Waals surface area contributed by atoms with Crippen LogP contribution in [-0.4, -0.2) is 36.1 Å². The molecule has 5 heteroatoms. The topological polar surface area (TPSA) is 79.2 Å². The van der Waals surface area contributed by atoms with Gasteiger partial charge in [-0.2, -0.15) is 0 Å². The van der Waals surface area contributed by atoms with Crippen molar-refractivity contribution < 1.29 is 24.8 Å². The number of methoxy groups -OCH3 is 2. The predicted molar refractivity (Wildman–Crippen MR) is 67.6 cm³/mol. The van der Waals surface area contributed by atoms with Crippen molar-refractivity contribution in [1.82, 2.24) is 0 Å². The van der Waals surface area contributed by atoms with Crippen molar-refractivity contribution in [3.63, 3.8) is 0 Å². The number of aliphatic hydroxyl groups excluding tert-OH is 1. The van der Waals surface area contributed by atoms with Gasteiger partial charge in [-0.1, -0.05) is 0 Å². The predicted octanol–water partition coefficient (Wildman–Crippen LogP) is 1.74. The third-order valence-electron chi connectivity index (χ3n) is 2.97. The Bertz CT molecular complexity index is 415. The molecular formula is C13H20O5. The molecule has 0 radical (unpaired) electrons. The highest BCUT2D eigenvalue weighted by Crippen LogP contribution is 2.48. The average molecular weight is 256 g/mol. The summed E-state index contributed by atoms with van der Waals surface area (Å²) in [5.74, 6) is 0.242. The lowest BCUT2D eigenvalue weighted by molar-refractivity contribution is 0.283. The molecule has 1 rings (SSSR count). The molecule has 1 aromatic carbocycles. The summed E-state index contributed by atoms with van der Waals surface area (Å²) in [7, 11) is 2.81. The minimum absolute atomic E-state index is 0.0115. The summed E-state index contributed by atoms with van der Waals surface area (Å²) in [5.41, 5.74) is 1.20. The summed E-state index contributed by atoms with van der Waals surface area (Å²) < 4.78 is 10.1. The molecule has 5 nitrogen and oxygen atoms in total. The van der Waals surface area contributed by atoms with E-state index < -0.39 is 0 Å². The molecule has 18 heavy (non-hydrogen) atoms. The smallest absolute Gasteiger partial charge is 0.207 e. The highest BCUT2D eigenvalue weighted by molar-refractivity contribution is 5.65. The van der Waals surface area contributed by atoms with Crippen LogP contribution < -0.4 is 9.47 Å². The van der Waals surface area contributed by atoms with Gasteiger partial charge < -0.3 is 24.8 Å². The van der Waals surface area contributed by atoms with E-state index in [-0.39, 0.29) is 29.6 Å². The van der Waals surface area contributed by atoms with Crippen LogP contribution in [0.2, 0.25) is 0 Å². The standard InChI is InChI=1S/C13H20O5/c1-8-9(6-4-5-7-14)11(16)13(18-3)12(17-2)10(8)15/h14-16H,4-7H2,1-3H3. The zero-order valence-corrected chi connectivity index (χ0v) is 11.0. The first-order chi connectivity index (χ1) is 8.58. The van der Waals surface area contributed by atoms with Crippen LogP contribution >= 0.6 is 0 Å². The number of ether oxygens (including phenoxy) is 2. The molecule has 0 fully saturated rings. The minimum Gasteiger partial charge on any atom is -0.504 e. The third-order valence-corrected chi connectivity index (χ3v) is 2.97. The molecule has 0 unspecified atom stereocenters. The van der Waals surface area contributed by atoms with Crippen LogP contribution in [0.15, 0.2) is 0 Å². The Kier molecular flexibility index (Phi) is 5.09. The number of aromatic hydroxyl groups is 2. The van der Waals surface area contributed by atoms with Crippen LogP contribution in [0, 0.1) is 6.92 Å². The number of phenolic OH excluding ortho intramolecular Hbond substituents is 2. The van der Waals surface area contributed by atoms with Gasteiger partial charge in [-0.15, -0.1) is 0 Å². The van der Waals surface area contributed by atoms with Crippen molar-refractivity contribution in [3.05, 3.63) is 11.1 Å². The largest absolute Gasteiger partial charge is 0.504 e. The highest BCUT2D eigenvalue weighted by Gasteiger charge is 2.22. The van der Waals surface area contributed by atoms with E-state index in [1.165, 1.54) is 14.2 Å². The van der Waals surface area contributed by atoms with Gasteiger partial charge in [0.05, 0.1) is 14.2 Å². The molecule has 0 aromatic heterocycles. The van der Waals surface area contributed by atoms with E-state index in [4.69, 9.17) is 14.6 Å². The van der Waals surface area contributed by atoms with Crippen LogP contribution in [-0.2, 0) is 6.42 Å². The first-order valence-corrected chi connectivity index (χ1v) is 5.84. The van der Waals surface area contributed by atoms with Crippen LogP contribution in [0.5, 0.6) is 23.0 Å². The van der Waals surface area contributed by atoms with Crippen molar-refractivity contribution in [3.8, 4) is 23.0 Å². The van der Waals surface area contributed by atoms with E-state index in [0.717, 1.165) is 6.42 Å². The summed E-state index contributed by atoms with van der Waals surface area (Å²) in [6.45, 7) is 1.82. The van der Waals surface area contributed by atoms with Crippen molar-refractivity contribution in [2.45, 2.75) is 26.2 Å². The molecule has 0 atom stereocenters. The molecule has 0 saturated carbocycles. The molecule has 0 spiro atoms. The van der Waals surface area contributed by atoms with Crippen LogP contribution in [0.3, 0.4) is 0 Å². The Balaban J connectivity index is 3.22. The number of hydrogen-bond acceptors (Lipinski definition) is 5. The Hall–Kier alpha value is -1.62. The first kappa shape index (κ1) is 14.4. The molecule has 1 aromatic rings. The molecule has 102 valence electrons.